The minimum atomic E-state index is -0.0453. The van der Waals surface area contributed by atoms with Gasteiger partial charge in [-0.05, 0) is 56.7 Å². The summed E-state index contributed by atoms with van der Waals surface area (Å²) in [5.74, 6) is 1.88. The number of rotatable bonds is 5. The highest BCUT2D eigenvalue weighted by Crippen LogP contribution is 2.32. The molecule has 1 fully saturated rings. The zero-order chi connectivity index (χ0) is 23.4. The number of hydrogen-bond donors (Lipinski definition) is 0. The van der Waals surface area contributed by atoms with Crippen LogP contribution in [0.3, 0.4) is 0 Å². The second kappa shape index (κ2) is 10.1. The third-order valence-corrected chi connectivity index (χ3v) is 6.74. The molecule has 1 atom stereocenters. The predicted molar refractivity (Wildman–Crippen MR) is 126 cm³/mol. The van der Waals surface area contributed by atoms with E-state index in [-0.39, 0.29) is 23.7 Å². The molecule has 1 aromatic heterocycles. The Kier molecular flexibility index (Phi) is 7.06. The molecule has 1 aromatic carbocycles. The van der Waals surface area contributed by atoms with E-state index in [1.54, 1.807) is 13.3 Å². The lowest BCUT2D eigenvalue weighted by atomic mass is 9.81. The van der Waals surface area contributed by atoms with Crippen LogP contribution in [0.4, 0.5) is 0 Å². The van der Waals surface area contributed by atoms with Crippen molar-refractivity contribution in [2.75, 3.05) is 26.7 Å². The maximum absolute atomic E-state index is 13.5. The second-order valence-corrected chi connectivity index (χ2v) is 8.93. The quantitative estimate of drug-likeness (QED) is 0.654. The van der Waals surface area contributed by atoms with Gasteiger partial charge in [-0.1, -0.05) is 24.3 Å². The standard InChI is InChI=1S/C26H32N4O3/c1-18-24(16-27-19(2)28-18)26(32)29-13-10-21(11-14-29)23-9-4-5-12-30(25(23)31)17-20-7-6-8-22(15-20)33-3/h4-8,15-16,21,23H,9-14,17H2,1-3H3/t23-/m0/s1. The lowest BCUT2D eigenvalue weighted by Gasteiger charge is -2.36. The molecule has 0 aliphatic carbocycles. The van der Waals surface area contributed by atoms with Gasteiger partial charge in [0.2, 0.25) is 5.91 Å². The van der Waals surface area contributed by atoms with Gasteiger partial charge in [-0.25, -0.2) is 9.97 Å². The summed E-state index contributed by atoms with van der Waals surface area (Å²) in [5.41, 5.74) is 2.34. The Balaban J connectivity index is 1.40. The minimum Gasteiger partial charge on any atom is -0.497 e. The Bertz CT molecular complexity index is 1040. The van der Waals surface area contributed by atoms with Crippen molar-refractivity contribution < 1.29 is 14.3 Å². The van der Waals surface area contributed by atoms with Gasteiger partial charge in [-0.15, -0.1) is 0 Å². The Labute approximate surface area is 195 Å². The smallest absolute Gasteiger partial charge is 0.257 e. The second-order valence-electron chi connectivity index (χ2n) is 8.93. The highest BCUT2D eigenvalue weighted by molar-refractivity contribution is 5.95. The number of amides is 2. The Hall–Kier alpha value is -3.22. The van der Waals surface area contributed by atoms with E-state index in [2.05, 4.69) is 22.1 Å². The lowest BCUT2D eigenvalue weighted by molar-refractivity contribution is -0.137. The number of aryl methyl sites for hydroxylation is 2. The number of piperidine rings is 1. The predicted octanol–water partition coefficient (Wildman–Crippen LogP) is 3.56. The normalized spacial score (nSPS) is 19.5. The Morgan fingerprint density at radius 2 is 1.97 bits per heavy atom. The van der Waals surface area contributed by atoms with Gasteiger partial charge in [0.25, 0.3) is 5.91 Å². The van der Waals surface area contributed by atoms with E-state index >= 15 is 0 Å². The van der Waals surface area contributed by atoms with E-state index in [4.69, 9.17) is 4.74 Å². The van der Waals surface area contributed by atoms with Crippen LogP contribution in [-0.4, -0.2) is 58.3 Å². The number of methoxy groups -OCH3 is 1. The molecule has 2 aromatic rings. The summed E-state index contributed by atoms with van der Waals surface area (Å²) in [7, 11) is 1.65. The van der Waals surface area contributed by atoms with Gasteiger partial charge in [0.15, 0.2) is 0 Å². The van der Waals surface area contributed by atoms with E-state index in [1.807, 2.05) is 47.9 Å². The number of nitrogens with zero attached hydrogens (tertiary/aromatic N) is 4. The lowest BCUT2D eigenvalue weighted by Crippen LogP contribution is -2.44. The van der Waals surface area contributed by atoms with E-state index in [1.165, 1.54) is 0 Å². The molecule has 0 radical (unpaired) electrons. The molecule has 33 heavy (non-hydrogen) atoms. The van der Waals surface area contributed by atoms with Crippen LogP contribution in [0.15, 0.2) is 42.6 Å². The molecule has 0 spiro atoms. The zero-order valence-electron chi connectivity index (χ0n) is 19.7. The van der Waals surface area contributed by atoms with Crippen molar-refractivity contribution in [1.82, 2.24) is 19.8 Å². The summed E-state index contributed by atoms with van der Waals surface area (Å²) >= 11 is 0. The van der Waals surface area contributed by atoms with Crippen molar-refractivity contribution in [3.05, 3.63) is 65.3 Å². The van der Waals surface area contributed by atoms with Gasteiger partial charge in [-0.3, -0.25) is 9.59 Å². The van der Waals surface area contributed by atoms with Crippen molar-refractivity contribution in [2.45, 2.75) is 39.7 Å². The Morgan fingerprint density at radius 1 is 1.18 bits per heavy atom. The van der Waals surface area contributed by atoms with Gasteiger partial charge >= 0.3 is 0 Å². The molecule has 7 nitrogen and oxygen atoms in total. The topological polar surface area (TPSA) is 75.6 Å². The van der Waals surface area contributed by atoms with Crippen LogP contribution in [0, 0.1) is 25.7 Å². The van der Waals surface area contributed by atoms with Crippen LogP contribution in [0.25, 0.3) is 0 Å². The van der Waals surface area contributed by atoms with Gasteiger partial charge < -0.3 is 14.5 Å². The Morgan fingerprint density at radius 3 is 2.70 bits per heavy atom. The van der Waals surface area contributed by atoms with E-state index in [0.717, 1.165) is 30.6 Å². The van der Waals surface area contributed by atoms with Crippen LogP contribution >= 0.6 is 0 Å². The first-order valence-electron chi connectivity index (χ1n) is 11.6. The third kappa shape index (κ3) is 5.24. The SMILES string of the molecule is COc1cccc(CN2CC=CC[C@@H](C3CCN(C(=O)c4cnc(C)nc4C)CC3)C2=O)c1. The summed E-state index contributed by atoms with van der Waals surface area (Å²) in [5, 5.41) is 0. The fraction of sp³-hybridized carbons (Fsp3) is 0.462. The number of benzene rings is 1. The van der Waals surface area contributed by atoms with Crippen molar-refractivity contribution in [2.24, 2.45) is 11.8 Å². The molecule has 4 rings (SSSR count). The molecule has 2 amide bonds. The summed E-state index contributed by atoms with van der Waals surface area (Å²) in [4.78, 5) is 38.8. The molecule has 174 valence electrons. The molecule has 0 bridgehead atoms. The van der Waals surface area contributed by atoms with Gasteiger partial charge in [0.05, 0.1) is 18.4 Å². The molecule has 2 aliphatic heterocycles. The summed E-state index contributed by atoms with van der Waals surface area (Å²) in [6.45, 7) is 6.17. The van der Waals surface area contributed by atoms with Crippen LogP contribution in [0.2, 0.25) is 0 Å². The number of carbonyl (C=O) groups excluding carboxylic acids is 2. The molecule has 0 saturated carbocycles. The maximum atomic E-state index is 13.5. The average molecular weight is 449 g/mol. The fourth-order valence-electron chi connectivity index (χ4n) is 4.87. The summed E-state index contributed by atoms with van der Waals surface area (Å²) in [6, 6.07) is 7.88. The number of hydrogen-bond acceptors (Lipinski definition) is 5. The summed E-state index contributed by atoms with van der Waals surface area (Å²) in [6.07, 6.45) is 8.28. The molecule has 7 heteroatoms. The van der Waals surface area contributed by atoms with Crippen LogP contribution < -0.4 is 4.74 Å². The number of ether oxygens (including phenoxy) is 1. The number of likely N-dealkylation sites (tertiary alicyclic amines) is 1. The molecule has 1 saturated heterocycles. The van der Waals surface area contributed by atoms with Crippen molar-refractivity contribution >= 4 is 11.8 Å². The highest BCUT2D eigenvalue weighted by Gasteiger charge is 2.35. The first-order valence-corrected chi connectivity index (χ1v) is 11.6. The van der Waals surface area contributed by atoms with Gasteiger partial charge in [0, 0.05) is 38.3 Å². The third-order valence-electron chi connectivity index (χ3n) is 6.74. The molecule has 2 aliphatic rings. The van der Waals surface area contributed by atoms with Gasteiger partial charge in [-0.2, -0.15) is 0 Å². The number of allylic oxidation sites excluding steroid dienone is 1. The molecule has 0 unspecified atom stereocenters. The highest BCUT2D eigenvalue weighted by atomic mass is 16.5. The van der Waals surface area contributed by atoms with Gasteiger partial charge in [0.1, 0.15) is 11.6 Å². The van der Waals surface area contributed by atoms with Crippen molar-refractivity contribution in [3.63, 3.8) is 0 Å². The monoisotopic (exact) mass is 448 g/mol. The molecule has 3 heterocycles. The zero-order valence-corrected chi connectivity index (χ0v) is 19.7. The van der Waals surface area contributed by atoms with E-state index in [9.17, 15) is 9.59 Å². The number of aromatic nitrogens is 2. The largest absolute Gasteiger partial charge is 0.497 e. The van der Waals surface area contributed by atoms with Crippen molar-refractivity contribution in [1.29, 1.82) is 0 Å². The maximum Gasteiger partial charge on any atom is 0.257 e. The fourth-order valence-corrected chi connectivity index (χ4v) is 4.87. The first-order chi connectivity index (χ1) is 16.0. The van der Waals surface area contributed by atoms with Crippen LogP contribution in [-0.2, 0) is 11.3 Å². The summed E-state index contributed by atoms with van der Waals surface area (Å²) < 4.78 is 5.33. The van der Waals surface area contributed by atoms with Crippen LogP contribution in [0.1, 0.15) is 46.7 Å². The van der Waals surface area contributed by atoms with E-state index < -0.39 is 0 Å². The van der Waals surface area contributed by atoms with Crippen molar-refractivity contribution in [3.8, 4) is 5.75 Å². The molecule has 0 N–H and O–H groups in total. The van der Waals surface area contributed by atoms with E-state index in [0.29, 0.717) is 43.3 Å². The minimum absolute atomic E-state index is 0.0160. The molecular formula is C26H32N4O3. The first kappa shape index (κ1) is 23.0. The number of carbonyl (C=O) groups is 2. The average Bonchev–Trinajstić information content (AvgIpc) is 3.00. The van der Waals surface area contributed by atoms with Crippen LogP contribution in [0.5, 0.6) is 5.75 Å². The molecular weight excluding hydrogens is 416 g/mol.